The number of benzene rings is 1. The Balaban J connectivity index is 2.27. The zero-order valence-corrected chi connectivity index (χ0v) is 10.9. The van der Waals surface area contributed by atoms with Crippen LogP contribution in [0.1, 0.15) is 10.4 Å². The normalized spacial score (nSPS) is 10.0. The third-order valence-corrected chi connectivity index (χ3v) is 2.70. The molecule has 19 heavy (non-hydrogen) atoms. The number of hydrogen-bond acceptors (Lipinski definition) is 4. The number of anilines is 2. The highest BCUT2D eigenvalue weighted by atomic mass is 35.5. The molecule has 2 rings (SSSR count). The molecular weight excluding hydrogens is 266 g/mol. The van der Waals surface area contributed by atoms with Crippen molar-refractivity contribution in [2.75, 3.05) is 18.2 Å². The number of methoxy groups -OCH3 is 1. The lowest BCUT2D eigenvalue weighted by Crippen LogP contribution is -2.16. The van der Waals surface area contributed by atoms with Gasteiger partial charge in [-0.3, -0.25) is 4.79 Å². The van der Waals surface area contributed by atoms with E-state index in [-0.39, 0.29) is 11.5 Å². The number of hydrogen-bond donors (Lipinski definition) is 2. The minimum Gasteiger partial charge on any atom is -0.496 e. The number of ether oxygens (including phenoxy) is 1. The summed E-state index contributed by atoms with van der Waals surface area (Å²) in [5, 5.41) is 3.13. The third-order valence-electron chi connectivity index (χ3n) is 2.47. The standard InChI is InChI=1S/C13H12ClN3O2/c1-19-10-4-2-3-9(15)12(10)13(18)17-11-6-5-8(14)7-16-11/h2-7H,15H2,1H3,(H,16,17,18). The van der Waals surface area contributed by atoms with E-state index in [1.54, 1.807) is 30.3 Å². The van der Waals surface area contributed by atoms with E-state index in [9.17, 15) is 4.79 Å². The van der Waals surface area contributed by atoms with Crippen molar-refractivity contribution in [3.63, 3.8) is 0 Å². The van der Waals surface area contributed by atoms with E-state index in [4.69, 9.17) is 22.1 Å². The number of nitrogens with one attached hydrogen (secondary N) is 1. The highest BCUT2D eigenvalue weighted by molar-refractivity contribution is 6.30. The van der Waals surface area contributed by atoms with Crippen molar-refractivity contribution in [3.8, 4) is 5.75 Å². The number of nitrogens with two attached hydrogens (primary N) is 1. The van der Waals surface area contributed by atoms with E-state index >= 15 is 0 Å². The molecular formula is C13H12ClN3O2. The minimum absolute atomic E-state index is 0.279. The van der Waals surface area contributed by atoms with E-state index in [1.807, 2.05) is 0 Å². The van der Waals surface area contributed by atoms with Crippen molar-refractivity contribution in [2.45, 2.75) is 0 Å². The number of aromatic nitrogens is 1. The van der Waals surface area contributed by atoms with E-state index < -0.39 is 0 Å². The molecule has 0 atom stereocenters. The Labute approximate surface area is 115 Å². The van der Waals surface area contributed by atoms with Gasteiger partial charge >= 0.3 is 0 Å². The average Bonchev–Trinajstić information content (AvgIpc) is 2.40. The fraction of sp³-hybridized carbons (Fsp3) is 0.0769. The molecule has 0 aliphatic heterocycles. The van der Waals surface area contributed by atoms with Crippen molar-refractivity contribution in [3.05, 3.63) is 47.1 Å². The first-order chi connectivity index (χ1) is 9.11. The molecule has 0 fully saturated rings. The Bertz CT molecular complexity index is 599. The Hall–Kier alpha value is -2.27. The van der Waals surface area contributed by atoms with Crippen LogP contribution in [0.2, 0.25) is 5.02 Å². The second-order valence-electron chi connectivity index (χ2n) is 3.74. The Morgan fingerprint density at radius 2 is 2.16 bits per heavy atom. The summed E-state index contributed by atoms with van der Waals surface area (Å²) in [5.41, 5.74) is 6.41. The maximum atomic E-state index is 12.2. The Morgan fingerprint density at radius 3 is 2.79 bits per heavy atom. The van der Waals surface area contributed by atoms with Crippen molar-refractivity contribution in [1.29, 1.82) is 0 Å². The van der Waals surface area contributed by atoms with Gasteiger partial charge in [-0.05, 0) is 24.3 Å². The van der Waals surface area contributed by atoms with Crippen LogP contribution in [0.4, 0.5) is 11.5 Å². The second kappa shape index (κ2) is 5.58. The number of rotatable bonds is 3. The summed E-state index contributed by atoms with van der Waals surface area (Å²) >= 11 is 5.72. The molecule has 5 nitrogen and oxygen atoms in total. The third kappa shape index (κ3) is 2.95. The number of carbonyl (C=O) groups is 1. The zero-order valence-electron chi connectivity index (χ0n) is 10.2. The highest BCUT2D eigenvalue weighted by Crippen LogP contribution is 2.25. The Kier molecular flexibility index (Phi) is 3.87. The van der Waals surface area contributed by atoms with Gasteiger partial charge in [0.05, 0.1) is 12.1 Å². The molecule has 0 unspecified atom stereocenters. The minimum atomic E-state index is -0.384. The van der Waals surface area contributed by atoms with Crippen LogP contribution in [-0.2, 0) is 0 Å². The first-order valence-corrected chi connectivity index (χ1v) is 5.85. The summed E-state index contributed by atoms with van der Waals surface area (Å²) in [4.78, 5) is 16.1. The zero-order chi connectivity index (χ0) is 13.8. The lowest BCUT2D eigenvalue weighted by atomic mass is 10.1. The number of nitrogen functional groups attached to an aromatic ring is 1. The number of carbonyl (C=O) groups excluding carboxylic acids is 1. The molecule has 1 aromatic heterocycles. The molecule has 0 saturated carbocycles. The molecule has 2 aromatic rings. The predicted octanol–water partition coefficient (Wildman–Crippen LogP) is 2.58. The van der Waals surface area contributed by atoms with Gasteiger partial charge < -0.3 is 15.8 Å². The summed E-state index contributed by atoms with van der Waals surface area (Å²) in [5.74, 6) is 0.413. The van der Waals surface area contributed by atoms with E-state index in [2.05, 4.69) is 10.3 Å². The highest BCUT2D eigenvalue weighted by Gasteiger charge is 2.16. The molecule has 1 aromatic carbocycles. The monoisotopic (exact) mass is 277 g/mol. The van der Waals surface area contributed by atoms with Crippen molar-refractivity contribution >= 4 is 29.0 Å². The van der Waals surface area contributed by atoms with Gasteiger partial charge in [0.15, 0.2) is 0 Å². The van der Waals surface area contributed by atoms with Gasteiger partial charge in [-0.1, -0.05) is 17.7 Å². The summed E-state index contributed by atoms with van der Waals surface area (Å²) < 4.78 is 5.12. The van der Waals surface area contributed by atoms with E-state index in [0.717, 1.165) is 0 Å². The molecule has 0 aliphatic rings. The molecule has 0 spiro atoms. The van der Waals surface area contributed by atoms with Crippen LogP contribution in [-0.4, -0.2) is 18.0 Å². The summed E-state index contributed by atoms with van der Waals surface area (Å²) in [6.45, 7) is 0. The average molecular weight is 278 g/mol. The topological polar surface area (TPSA) is 77.2 Å². The van der Waals surface area contributed by atoms with Gasteiger partial charge in [0.1, 0.15) is 17.1 Å². The van der Waals surface area contributed by atoms with Crippen LogP contribution in [0.3, 0.4) is 0 Å². The van der Waals surface area contributed by atoms with Gasteiger partial charge in [0.25, 0.3) is 5.91 Å². The van der Waals surface area contributed by atoms with Crippen LogP contribution in [0.25, 0.3) is 0 Å². The van der Waals surface area contributed by atoms with Crippen LogP contribution in [0, 0.1) is 0 Å². The van der Waals surface area contributed by atoms with Crippen LogP contribution in [0.5, 0.6) is 5.75 Å². The molecule has 1 heterocycles. The maximum Gasteiger partial charge on any atom is 0.262 e. The number of nitrogens with zero attached hydrogens (tertiary/aromatic N) is 1. The van der Waals surface area contributed by atoms with Crippen LogP contribution in [0.15, 0.2) is 36.5 Å². The molecule has 0 radical (unpaired) electrons. The van der Waals surface area contributed by atoms with Crippen molar-refractivity contribution < 1.29 is 9.53 Å². The quantitative estimate of drug-likeness (QED) is 0.846. The van der Waals surface area contributed by atoms with Gasteiger partial charge in [-0.2, -0.15) is 0 Å². The Morgan fingerprint density at radius 1 is 1.37 bits per heavy atom. The molecule has 0 bridgehead atoms. The summed E-state index contributed by atoms with van der Waals surface area (Å²) in [6.07, 6.45) is 1.45. The molecule has 0 saturated heterocycles. The molecule has 1 amide bonds. The number of pyridine rings is 1. The van der Waals surface area contributed by atoms with Gasteiger partial charge in [0.2, 0.25) is 0 Å². The van der Waals surface area contributed by atoms with Gasteiger partial charge in [0, 0.05) is 11.9 Å². The number of halogens is 1. The molecule has 6 heteroatoms. The first kappa shape index (κ1) is 13.2. The first-order valence-electron chi connectivity index (χ1n) is 5.47. The lowest BCUT2D eigenvalue weighted by Gasteiger charge is -2.11. The SMILES string of the molecule is COc1cccc(N)c1C(=O)Nc1ccc(Cl)cn1. The van der Waals surface area contributed by atoms with E-state index in [0.29, 0.717) is 22.3 Å². The van der Waals surface area contributed by atoms with Crippen molar-refractivity contribution in [1.82, 2.24) is 4.98 Å². The smallest absolute Gasteiger partial charge is 0.262 e. The van der Waals surface area contributed by atoms with Gasteiger partial charge in [-0.15, -0.1) is 0 Å². The van der Waals surface area contributed by atoms with Gasteiger partial charge in [-0.25, -0.2) is 4.98 Å². The summed E-state index contributed by atoms with van der Waals surface area (Å²) in [7, 11) is 1.48. The van der Waals surface area contributed by atoms with Crippen LogP contribution >= 0.6 is 11.6 Å². The molecule has 3 N–H and O–H groups in total. The van der Waals surface area contributed by atoms with Crippen molar-refractivity contribution in [2.24, 2.45) is 0 Å². The molecule has 0 aliphatic carbocycles. The fourth-order valence-corrected chi connectivity index (χ4v) is 1.70. The summed E-state index contributed by atoms with van der Waals surface area (Å²) in [6, 6.07) is 8.25. The van der Waals surface area contributed by atoms with Crippen LogP contribution < -0.4 is 15.8 Å². The lowest BCUT2D eigenvalue weighted by molar-refractivity contribution is 0.102. The number of amides is 1. The molecule has 98 valence electrons. The largest absolute Gasteiger partial charge is 0.496 e. The maximum absolute atomic E-state index is 12.2. The second-order valence-corrected chi connectivity index (χ2v) is 4.18. The van der Waals surface area contributed by atoms with E-state index in [1.165, 1.54) is 13.3 Å². The fourth-order valence-electron chi connectivity index (χ4n) is 1.59. The predicted molar refractivity (Wildman–Crippen MR) is 74.6 cm³/mol.